The molecular formula is C26H42N4O7. The summed E-state index contributed by atoms with van der Waals surface area (Å²) in [5.41, 5.74) is 0.849. The van der Waals surface area contributed by atoms with E-state index in [1.165, 1.54) is 0 Å². The van der Waals surface area contributed by atoms with E-state index in [-0.39, 0.29) is 37.8 Å². The highest BCUT2D eigenvalue weighted by Crippen LogP contribution is 2.26. The highest BCUT2D eigenvalue weighted by Gasteiger charge is 2.38. The van der Waals surface area contributed by atoms with Crippen LogP contribution in [-0.4, -0.2) is 96.3 Å². The van der Waals surface area contributed by atoms with E-state index in [2.05, 4.69) is 15.5 Å². The van der Waals surface area contributed by atoms with Gasteiger partial charge < -0.3 is 29.5 Å². The lowest BCUT2D eigenvalue weighted by Crippen LogP contribution is -2.55. The van der Waals surface area contributed by atoms with Crippen LogP contribution < -0.4 is 10.6 Å². The largest absolute Gasteiger partial charge is 0.501 e. The van der Waals surface area contributed by atoms with Crippen molar-refractivity contribution in [3.05, 3.63) is 23.5 Å². The molecule has 0 radical (unpaired) electrons. The average molecular weight is 523 g/mol. The van der Waals surface area contributed by atoms with E-state index in [0.717, 1.165) is 44.5 Å². The normalized spacial score (nSPS) is 27.2. The zero-order valence-electron chi connectivity index (χ0n) is 22.5. The Morgan fingerprint density at radius 1 is 1.24 bits per heavy atom. The van der Waals surface area contributed by atoms with Gasteiger partial charge in [-0.3, -0.25) is 14.9 Å². The Kier molecular flexibility index (Phi) is 10.5. The van der Waals surface area contributed by atoms with Gasteiger partial charge >= 0.3 is 6.09 Å². The minimum Gasteiger partial charge on any atom is -0.501 e. The lowest BCUT2D eigenvalue weighted by Gasteiger charge is -2.34. The molecule has 0 saturated carbocycles. The number of hydrogen-bond donors (Lipinski definition) is 3. The Morgan fingerprint density at radius 2 is 1.97 bits per heavy atom. The second-order valence-corrected chi connectivity index (χ2v) is 10.7. The number of ether oxygens (including phenoxy) is 3. The molecule has 11 nitrogen and oxygen atoms in total. The summed E-state index contributed by atoms with van der Waals surface area (Å²) < 4.78 is 16.9. The van der Waals surface area contributed by atoms with E-state index in [4.69, 9.17) is 14.2 Å². The second-order valence-electron chi connectivity index (χ2n) is 10.7. The van der Waals surface area contributed by atoms with Crippen LogP contribution >= 0.6 is 0 Å². The van der Waals surface area contributed by atoms with Gasteiger partial charge in [-0.05, 0) is 59.0 Å². The van der Waals surface area contributed by atoms with Crippen LogP contribution in [0.3, 0.4) is 0 Å². The van der Waals surface area contributed by atoms with Crippen LogP contribution in [0.4, 0.5) is 4.79 Å². The van der Waals surface area contributed by atoms with Gasteiger partial charge in [0, 0.05) is 37.7 Å². The molecule has 3 N–H and O–H groups in total. The van der Waals surface area contributed by atoms with Gasteiger partial charge in [0.05, 0.1) is 25.5 Å². The fraction of sp³-hybridized carbons (Fsp3) is 0.731. The fourth-order valence-electron chi connectivity index (χ4n) is 4.76. The number of aliphatic hydroxyl groups is 1. The number of piperidine rings is 2. The highest BCUT2D eigenvalue weighted by molar-refractivity contribution is 6.00. The third-order valence-electron chi connectivity index (χ3n) is 6.65. The Hall–Kier alpha value is -2.47. The molecule has 0 aliphatic carbocycles. The number of likely N-dealkylation sites (tertiary alicyclic amines) is 1. The van der Waals surface area contributed by atoms with Gasteiger partial charge in [0.1, 0.15) is 18.6 Å². The van der Waals surface area contributed by atoms with Crippen LogP contribution in [0, 0.1) is 0 Å². The van der Waals surface area contributed by atoms with Crippen molar-refractivity contribution in [2.45, 2.75) is 83.7 Å². The number of carbonyl (C=O) groups is 3. The Balaban J connectivity index is 1.40. The summed E-state index contributed by atoms with van der Waals surface area (Å²) in [5, 5.41) is 16.3. The molecular weight excluding hydrogens is 480 g/mol. The molecule has 11 heteroatoms. The summed E-state index contributed by atoms with van der Waals surface area (Å²) in [5.74, 6) is -0.712. The number of rotatable bonds is 7. The molecule has 0 aromatic heterocycles. The summed E-state index contributed by atoms with van der Waals surface area (Å²) in [6.45, 7) is 10.9. The monoisotopic (exact) mass is 522 g/mol. The summed E-state index contributed by atoms with van der Waals surface area (Å²) in [6, 6.07) is -0.501. The molecule has 0 spiro atoms. The third kappa shape index (κ3) is 8.80. The van der Waals surface area contributed by atoms with Gasteiger partial charge in [-0.2, -0.15) is 0 Å². The number of carbonyl (C=O) groups excluding carboxylic acids is 3. The number of aliphatic hydroxyl groups excluding tert-OH is 1. The first kappa shape index (κ1) is 29.1. The number of nitrogens with one attached hydrogen (secondary N) is 2. The zero-order chi connectivity index (χ0) is 27.0. The quantitative estimate of drug-likeness (QED) is 0.259. The Bertz CT molecular complexity index is 875. The molecule has 3 rings (SSSR count). The second kappa shape index (κ2) is 13.4. The average Bonchev–Trinajstić information content (AvgIpc) is 2.97. The molecule has 3 saturated heterocycles. The molecule has 3 amide bonds. The van der Waals surface area contributed by atoms with E-state index >= 15 is 0 Å². The summed E-state index contributed by atoms with van der Waals surface area (Å²) in [4.78, 5) is 39.7. The molecule has 3 aliphatic heterocycles. The first-order valence-electron chi connectivity index (χ1n) is 13.1. The van der Waals surface area contributed by atoms with E-state index in [0.29, 0.717) is 18.6 Å². The topological polar surface area (TPSA) is 130 Å². The van der Waals surface area contributed by atoms with E-state index < -0.39 is 23.8 Å². The zero-order valence-corrected chi connectivity index (χ0v) is 22.5. The van der Waals surface area contributed by atoms with Gasteiger partial charge in [0.25, 0.3) is 0 Å². The summed E-state index contributed by atoms with van der Waals surface area (Å²) >= 11 is 0. The number of nitrogens with zero attached hydrogens (tertiary/aromatic N) is 2. The Morgan fingerprint density at radius 3 is 2.62 bits per heavy atom. The maximum absolute atomic E-state index is 12.3. The number of alkyl carbamates (subject to hydrolysis) is 1. The van der Waals surface area contributed by atoms with Crippen LogP contribution in [0.2, 0.25) is 0 Å². The van der Waals surface area contributed by atoms with E-state index in [1.54, 1.807) is 17.2 Å². The maximum atomic E-state index is 12.3. The van der Waals surface area contributed by atoms with Crippen LogP contribution in [0.25, 0.3) is 0 Å². The maximum Gasteiger partial charge on any atom is 0.407 e. The number of imide groups is 1. The summed E-state index contributed by atoms with van der Waals surface area (Å²) in [7, 11) is 0. The Labute approximate surface area is 219 Å². The van der Waals surface area contributed by atoms with Crippen LogP contribution in [0.1, 0.15) is 59.8 Å². The van der Waals surface area contributed by atoms with Crippen LogP contribution in [0.5, 0.6) is 0 Å². The number of hydrogen-bond acceptors (Lipinski definition) is 9. The van der Waals surface area contributed by atoms with E-state index in [9.17, 15) is 19.5 Å². The molecule has 208 valence electrons. The van der Waals surface area contributed by atoms with Gasteiger partial charge in [0.2, 0.25) is 11.8 Å². The molecule has 3 fully saturated rings. The molecule has 2 atom stereocenters. The van der Waals surface area contributed by atoms with Gasteiger partial charge in [-0.25, -0.2) is 9.69 Å². The van der Waals surface area contributed by atoms with Crippen molar-refractivity contribution in [3.63, 3.8) is 0 Å². The van der Waals surface area contributed by atoms with Crippen molar-refractivity contribution in [2.75, 3.05) is 39.6 Å². The molecule has 3 heterocycles. The highest BCUT2D eigenvalue weighted by atomic mass is 16.6. The standard InChI is InChI=1S/C26H42N4O7/c1-5-20-18(16-36-17-30(24(20)33)21-7-8-22(31)28-23(21)32)15-35-14-6-11-29-12-9-19(10-13-29)27-25(34)37-26(2,3)4/h5,15,19,21,24,33H,6-14,16-17H2,1-4H3,(H,27,34)(H,28,31,32)/b18-15+,20-5?. The van der Waals surface area contributed by atoms with E-state index in [1.807, 2.05) is 27.7 Å². The van der Waals surface area contributed by atoms with Gasteiger partial charge in [-0.1, -0.05) is 6.08 Å². The fourth-order valence-corrected chi connectivity index (χ4v) is 4.76. The number of allylic oxidation sites excluding steroid dienone is 1. The minimum atomic E-state index is -1.04. The lowest BCUT2D eigenvalue weighted by atomic mass is 10.0. The third-order valence-corrected chi connectivity index (χ3v) is 6.65. The van der Waals surface area contributed by atoms with Crippen LogP contribution in [-0.2, 0) is 23.8 Å². The predicted octanol–water partition coefficient (Wildman–Crippen LogP) is 1.63. The van der Waals surface area contributed by atoms with Gasteiger partial charge in [0.15, 0.2) is 0 Å². The van der Waals surface area contributed by atoms with Crippen molar-refractivity contribution in [3.8, 4) is 0 Å². The van der Waals surface area contributed by atoms with Gasteiger partial charge in [-0.15, -0.1) is 0 Å². The van der Waals surface area contributed by atoms with Crippen molar-refractivity contribution >= 4 is 17.9 Å². The molecule has 3 aliphatic rings. The van der Waals surface area contributed by atoms with Crippen molar-refractivity contribution < 1.29 is 33.7 Å². The molecule has 37 heavy (non-hydrogen) atoms. The molecule has 0 aromatic carbocycles. The van der Waals surface area contributed by atoms with Crippen LogP contribution in [0.15, 0.2) is 23.5 Å². The smallest absolute Gasteiger partial charge is 0.407 e. The molecule has 0 aromatic rings. The van der Waals surface area contributed by atoms with Crippen molar-refractivity contribution in [1.29, 1.82) is 0 Å². The van der Waals surface area contributed by atoms with Crippen molar-refractivity contribution in [1.82, 2.24) is 20.4 Å². The first-order valence-corrected chi connectivity index (χ1v) is 13.1. The van der Waals surface area contributed by atoms with Crippen molar-refractivity contribution in [2.24, 2.45) is 0 Å². The molecule has 0 bridgehead atoms. The lowest BCUT2D eigenvalue weighted by molar-refractivity contribution is -0.144. The number of amides is 3. The SMILES string of the molecule is CC=C1/C(=C/OCCCN2CCC(NC(=O)OC(C)(C)C)CC2)COCN(C2CCC(=O)NC2=O)C1O. The molecule has 2 unspecified atom stereocenters. The minimum absolute atomic E-state index is 0.0703. The summed E-state index contributed by atoms with van der Waals surface area (Å²) in [6.07, 6.45) is 5.20. The predicted molar refractivity (Wildman–Crippen MR) is 136 cm³/mol. The first-order chi connectivity index (χ1) is 17.6.